The average molecular weight is 265 g/mol. The van der Waals surface area contributed by atoms with Crippen LogP contribution in [0.4, 0.5) is 0 Å². The van der Waals surface area contributed by atoms with Crippen molar-refractivity contribution < 1.29 is 9.59 Å². The quantitative estimate of drug-likeness (QED) is 0.673. The monoisotopic (exact) mass is 265 g/mol. The molecule has 96 valence electrons. The molecule has 0 atom stereocenters. The number of hydrogen-bond donors (Lipinski definition) is 3. The summed E-state index contributed by atoms with van der Waals surface area (Å²) < 4.78 is 0. The van der Waals surface area contributed by atoms with E-state index in [2.05, 4.69) is 17.2 Å². The smallest absolute Gasteiger partial charge is 0.262 e. The molecule has 0 aliphatic carbocycles. The number of hydrogen-bond acceptors (Lipinski definition) is 4. The highest BCUT2D eigenvalue weighted by atomic mass is 32.1. The van der Waals surface area contributed by atoms with Crippen LogP contribution < -0.4 is 16.8 Å². The van der Waals surface area contributed by atoms with Gasteiger partial charge < -0.3 is 16.8 Å². The number of rotatable bonds is 3. The molecule has 0 aliphatic heterocycles. The van der Waals surface area contributed by atoms with E-state index < -0.39 is 11.4 Å². The highest BCUT2D eigenvalue weighted by molar-refractivity contribution is 7.14. The first-order chi connectivity index (χ1) is 8.36. The second-order valence-electron chi connectivity index (χ2n) is 4.11. The van der Waals surface area contributed by atoms with Gasteiger partial charge in [0.05, 0.1) is 16.3 Å². The molecule has 0 unspecified atom stereocenters. The van der Waals surface area contributed by atoms with Crippen LogP contribution in [0.25, 0.3) is 0 Å². The van der Waals surface area contributed by atoms with Crippen LogP contribution in [0.2, 0.25) is 0 Å². The van der Waals surface area contributed by atoms with Gasteiger partial charge in [0.25, 0.3) is 5.91 Å². The summed E-state index contributed by atoms with van der Waals surface area (Å²) in [5, 5.41) is 2.57. The van der Waals surface area contributed by atoms with Gasteiger partial charge in [-0.05, 0) is 26.0 Å². The molecule has 0 aliphatic rings. The fourth-order valence-electron chi connectivity index (χ4n) is 1.07. The number of nitrogens with one attached hydrogen (secondary N) is 1. The largest absolute Gasteiger partial charge is 0.368 e. The number of amides is 2. The minimum atomic E-state index is -1.08. The van der Waals surface area contributed by atoms with E-state index in [4.69, 9.17) is 11.5 Å². The van der Waals surface area contributed by atoms with E-state index in [0.29, 0.717) is 4.88 Å². The Morgan fingerprint density at radius 1 is 1.44 bits per heavy atom. The summed E-state index contributed by atoms with van der Waals surface area (Å²) in [6.07, 6.45) is 0. The number of nitrogens with two attached hydrogens (primary N) is 2. The van der Waals surface area contributed by atoms with Crippen molar-refractivity contribution in [2.45, 2.75) is 19.4 Å². The molecular formula is C12H15N3O2S. The van der Waals surface area contributed by atoms with Gasteiger partial charge in [0, 0.05) is 0 Å². The van der Waals surface area contributed by atoms with Gasteiger partial charge in [0.15, 0.2) is 0 Å². The van der Waals surface area contributed by atoms with E-state index >= 15 is 0 Å². The fourth-order valence-corrected chi connectivity index (χ4v) is 1.85. The molecule has 0 saturated carbocycles. The molecule has 0 bridgehead atoms. The van der Waals surface area contributed by atoms with E-state index in [-0.39, 0.29) is 12.5 Å². The van der Waals surface area contributed by atoms with Crippen LogP contribution in [-0.4, -0.2) is 23.9 Å². The second kappa shape index (κ2) is 5.67. The summed E-state index contributed by atoms with van der Waals surface area (Å²) in [6.45, 7) is 3.38. The van der Waals surface area contributed by atoms with Crippen molar-refractivity contribution in [3.05, 3.63) is 21.9 Å². The zero-order valence-electron chi connectivity index (χ0n) is 10.2. The van der Waals surface area contributed by atoms with Gasteiger partial charge in [0.1, 0.15) is 5.54 Å². The van der Waals surface area contributed by atoms with Gasteiger partial charge in [-0.25, -0.2) is 0 Å². The summed E-state index contributed by atoms with van der Waals surface area (Å²) in [5.41, 5.74) is 9.36. The lowest BCUT2D eigenvalue weighted by Crippen LogP contribution is -2.52. The van der Waals surface area contributed by atoms with Gasteiger partial charge in [-0.15, -0.1) is 11.3 Å². The first-order valence-electron chi connectivity index (χ1n) is 5.28. The Kier molecular flexibility index (Phi) is 4.48. The molecule has 1 heterocycles. The molecule has 1 aromatic heterocycles. The normalized spacial score (nSPS) is 10.4. The van der Waals surface area contributed by atoms with E-state index in [1.54, 1.807) is 26.0 Å². The van der Waals surface area contributed by atoms with Crippen LogP contribution in [0.1, 0.15) is 28.4 Å². The fraction of sp³-hybridized carbons (Fsp3) is 0.333. The van der Waals surface area contributed by atoms with Crippen molar-refractivity contribution in [3.8, 4) is 11.8 Å². The summed E-state index contributed by atoms with van der Waals surface area (Å²) >= 11 is 1.24. The molecule has 0 radical (unpaired) electrons. The van der Waals surface area contributed by atoms with Crippen LogP contribution in [0, 0.1) is 11.8 Å². The Morgan fingerprint density at radius 3 is 2.67 bits per heavy atom. The highest BCUT2D eigenvalue weighted by Crippen LogP contribution is 2.16. The predicted molar refractivity (Wildman–Crippen MR) is 71.0 cm³/mol. The molecule has 0 aromatic carbocycles. The third kappa shape index (κ3) is 3.58. The van der Waals surface area contributed by atoms with Crippen LogP contribution in [0.5, 0.6) is 0 Å². The summed E-state index contributed by atoms with van der Waals surface area (Å²) in [4.78, 5) is 24.2. The molecule has 0 saturated heterocycles. The standard InChI is InChI=1S/C12H15N3O2S/c1-12(2,11(14)17)15-10(16)9-6-5-8(18-9)4-3-7-13/h5-6H,7,13H2,1-2H3,(H2,14,17)(H,15,16). The lowest BCUT2D eigenvalue weighted by Gasteiger charge is -2.21. The van der Waals surface area contributed by atoms with Crippen molar-refractivity contribution in [1.29, 1.82) is 0 Å². The van der Waals surface area contributed by atoms with Crippen molar-refractivity contribution in [2.75, 3.05) is 6.54 Å². The first kappa shape index (κ1) is 14.2. The Labute approximate surface area is 110 Å². The average Bonchev–Trinajstić information content (AvgIpc) is 2.74. The maximum Gasteiger partial charge on any atom is 0.262 e. The summed E-state index contributed by atoms with van der Waals surface area (Å²) in [6, 6.07) is 3.39. The van der Waals surface area contributed by atoms with Gasteiger partial charge in [-0.2, -0.15) is 0 Å². The Balaban J connectivity index is 2.80. The minimum absolute atomic E-state index is 0.272. The number of carbonyl (C=O) groups excluding carboxylic acids is 2. The van der Waals surface area contributed by atoms with E-state index in [1.165, 1.54) is 11.3 Å². The van der Waals surface area contributed by atoms with Crippen LogP contribution >= 0.6 is 11.3 Å². The highest BCUT2D eigenvalue weighted by Gasteiger charge is 2.27. The maximum atomic E-state index is 11.9. The van der Waals surface area contributed by atoms with E-state index in [0.717, 1.165) is 4.88 Å². The Morgan fingerprint density at radius 2 is 2.11 bits per heavy atom. The maximum absolute atomic E-state index is 11.9. The topological polar surface area (TPSA) is 98.2 Å². The van der Waals surface area contributed by atoms with E-state index in [9.17, 15) is 9.59 Å². The van der Waals surface area contributed by atoms with Crippen molar-refractivity contribution in [3.63, 3.8) is 0 Å². The third-order valence-corrected chi connectivity index (χ3v) is 3.18. The minimum Gasteiger partial charge on any atom is -0.368 e. The molecule has 0 fully saturated rings. The van der Waals surface area contributed by atoms with Crippen LogP contribution in [0.3, 0.4) is 0 Å². The molecule has 1 rings (SSSR count). The first-order valence-corrected chi connectivity index (χ1v) is 6.09. The summed E-state index contributed by atoms with van der Waals surface area (Å²) in [7, 11) is 0. The van der Waals surface area contributed by atoms with Gasteiger partial charge in [0.2, 0.25) is 5.91 Å². The zero-order valence-corrected chi connectivity index (χ0v) is 11.1. The Bertz CT molecular complexity index is 523. The van der Waals surface area contributed by atoms with Crippen molar-refractivity contribution in [2.24, 2.45) is 11.5 Å². The lowest BCUT2D eigenvalue weighted by molar-refractivity contribution is -0.122. The zero-order chi connectivity index (χ0) is 13.8. The number of carbonyl (C=O) groups is 2. The predicted octanol–water partition coefficient (Wildman–Crippen LogP) is 0.0520. The van der Waals surface area contributed by atoms with Crippen molar-refractivity contribution >= 4 is 23.2 Å². The molecular weight excluding hydrogens is 250 g/mol. The van der Waals surface area contributed by atoms with Crippen LogP contribution in [-0.2, 0) is 4.79 Å². The molecule has 5 N–H and O–H groups in total. The number of thiophene rings is 1. The molecule has 6 heteroatoms. The van der Waals surface area contributed by atoms with Gasteiger partial charge in [-0.1, -0.05) is 11.8 Å². The van der Waals surface area contributed by atoms with E-state index in [1.807, 2.05) is 0 Å². The lowest BCUT2D eigenvalue weighted by atomic mass is 10.1. The Hall–Kier alpha value is -1.84. The SMILES string of the molecule is CC(C)(NC(=O)c1ccc(C#CCN)s1)C(N)=O. The second-order valence-corrected chi connectivity index (χ2v) is 5.20. The van der Waals surface area contributed by atoms with Gasteiger partial charge in [-0.3, -0.25) is 9.59 Å². The van der Waals surface area contributed by atoms with Crippen molar-refractivity contribution in [1.82, 2.24) is 5.32 Å². The molecule has 1 aromatic rings. The number of primary amides is 1. The molecule has 5 nitrogen and oxygen atoms in total. The van der Waals surface area contributed by atoms with Crippen LogP contribution in [0.15, 0.2) is 12.1 Å². The van der Waals surface area contributed by atoms with Gasteiger partial charge >= 0.3 is 0 Å². The summed E-state index contributed by atoms with van der Waals surface area (Å²) in [5.74, 6) is 4.61. The molecule has 0 spiro atoms. The molecule has 18 heavy (non-hydrogen) atoms. The third-order valence-electron chi connectivity index (χ3n) is 2.19. The molecule has 2 amide bonds.